The van der Waals surface area contributed by atoms with Gasteiger partial charge < -0.3 is 4.74 Å². The van der Waals surface area contributed by atoms with Crippen molar-refractivity contribution in [2.45, 2.75) is 26.9 Å². The third-order valence-corrected chi connectivity index (χ3v) is 3.70. The highest BCUT2D eigenvalue weighted by molar-refractivity contribution is 5.93. The standard InChI is InChI=1S/C20H22N2O3/c1-14-9-11-18(13-15(14)2)25-16(3)20(24)22-21-19(23)12-10-17-7-5-4-6-8-17/h4-13,16H,1-3H3,(H,21,23)(H,22,24)/b12-10+. The van der Waals surface area contributed by atoms with Gasteiger partial charge in [0.15, 0.2) is 6.10 Å². The Morgan fingerprint density at radius 3 is 2.40 bits per heavy atom. The predicted octanol–water partition coefficient (Wildman–Crippen LogP) is 2.93. The molecular formula is C20H22N2O3. The van der Waals surface area contributed by atoms with Crippen LogP contribution in [0.2, 0.25) is 0 Å². The van der Waals surface area contributed by atoms with Gasteiger partial charge in [0.1, 0.15) is 5.75 Å². The molecule has 0 bridgehead atoms. The van der Waals surface area contributed by atoms with Gasteiger partial charge >= 0.3 is 0 Å². The van der Waals surface area contributed by atoms with E-state index >= 15 is 0 Å². The number of hydrogen-bond acceptors (Lipinski definition) is 3. The lowest BCUT2D eigenvalue weighted by molar-refractivity contribution is -0.131. The van der Waals surface area contributed by atoms with E-state index in [-0.39, 0.29) is 0 Å². The summed E-state index contributed by atoms with van der Waals surface area (Å²) in [5.41, 5.74) is 7.83. The summed E-state index contributed by atoms with van der Waals surface area (Å²) in [6, 6.07) is 15.0. The first-order valence-electron chi connectivity index (χ1n) is 8.02. The summed E-state index contributed by atoms with van der Waals surface area (Å²) in [7, 11) is 0. The monoisotopic (exact) mass is 338 g/mol. The fourth-order valence-corrected chi connectivity index (χ4v) is 2.05. The second-order valence-corrected chi connectivity index (χ2v) is 5.73. The number of rotatable bonds is 5. The number of carbonyl (C=O) groups is 2. The van der Waals surface area contributed by atoms with Crippen LogP contribution in [0.1, 0.15) is 23.6 Å². The quantitative estimate of drug-likeness (QED) is 0.651. The first-order chi connectivity index (χ1) is 12.0. The number of ether oxygens (including phenoxy) is 1. The van der Waals surface area contributed by atoms with Crippen molar-refractivity contribution in [3.8, 4) is 5.75 Å². The number of carbonyl (C=O) groups excluding carboxylic acids is 2. The van der Waals surface area contributed by atoms with E-state index in [1.54, 1.807) is 13.0 Å². The molecule has 25 heavy (non-hydrogen) atoms. The number of amides is 2. The third-order valence-electron chi connectivity index (χ3n) is 3.70. The molecule has 0 aliphatic carbocycles. The largest absolute Gasteiger partial charge is 0.481 e. The molecule has 2 amide bonds. The molecule has 2 aromatic rings. The molecule has 1 unspecified atom stereocenters. The molecule has 0 aromatic heterocycles. The van der Waals surface area contributed by atoms with Gasteiger partial charge in [-0.15, -0.1) is 0 Å². The minimum Gasteiger partial charge on any atom is -0.481 e. The molecular weight excluding hydrogens is 316 g/mol. The second-order valence-electron chi connectivity index (χ2n) is 5.73. The summed E-state index contributed by atoms with van der Waals surface area (Å²) in [4.78, 5) is 23.7. The van der Waals surface area contributed by atoms with Gasteiger partial charge in [-0.1, -0.05) is 36.4 Å². The Hall–Kier alpha value is -3.08. The van der Waals surface area contributed by atoms with Gasteiger partial charge in [0.05, 0.1) is 0 Å². The van der Waals surface area contributed by atoms with Gasteiger partial charge in [0.2, 0.25) is 0 Å². The van der Waals surface area contributed by atoms with Crippen molar-refractivity contribution in [1.82, 2.24) is 10.9 Å². The molecule has 0 aliphatic rings. The van der Waals surface area contributed by atoms with Crippen molar-refractivity contribution in [3.63, 3.8) is 0 Å². The van der Waals surface area contributed by atoms with Crippen molar-refractivity contribution >= 4 is 17.9 Å². The van der Waals surface area contributed by atoms with E-state index < -0.39 is 17.9 Å². The smallest absolute Gasteiger partial charge is 0.279 e. The maximum atomic E-state index is 12.0. The lowest BCUT2D eigenvalue weighted by Crippen LogP contribution is -2.46. The van der Waals surface area contributed by atoms with Gasteiger partial charge in [0, 0.05) is 6.08 Å². The van der Waals surface area contributed by atoms with Crippen LogP contribution in [0, 0.1) is 13.8 Å². The lowest BCUT2D eigenvalue weighted by atomic mass is 10.1. The molecule has 1 atom stereocenters. The summed E-state index contributed by atoms with van der Waals surface area (Å²) < 4.78 is 5.59. The fourth-order valence-electron chi connectivity index (χ4n) is 2.05. The molecule has 5 nitrogen and oxygen atoms in total. The zero-order valence-electron chi connectivity index (χ0n) is 14.6. The van der Waals surface area contributed by atoms with Crippen LogP contribution in [0.25, 0.3) is 6.08 Å². The zero-order chi connectivity index (χ0) is 18.2. The van der Waals surface area contributed by atoms with Gasteiger partial charge in [-0.2, -0.15) is 0 Å². The van der Waals surface area contributed by atoms with Crippen molar-refractivity contribution in [3.05, 3.63) is 71.3 Å². The SMILES string of the molecule is Cc1ccc(OC(C)C(=O)NNC(=O)/C=C/c2ccccc2)cc1C. The minimum absolute atomic E-state index is 0.421. The van der Waals surface area contributed by atoms with Crippen LogP contribution in [0.15, 0.2) is 54.6 Å². The molecule has 0 saturated heterocycles. The molecule has 0 heterocycles. The van der Waals surface area contributed by atoms with Crippen LogP contribution < -0.4 is 15.6 Å². The number of nitrogens with one attached hydrogen (secondary N) is 2. The van der Waals surface area contributed by atoms with Crippen molar-refractivity contribution in [1.29, 1.82) is 0 Å². The van der Waals surface area contributed by atoms with Gasteiger partial charge in [-0.25, -0.2) is 0 Å². The molecule has 0 spiro atoms. The first kappa shape index (κ1) is 18.3. The van der Waals surface area contributed by atoms with E-state index in [0.29, 0.717) is 5.75 Å². The highest BCUT2D eigenvalue weighted by atomic mass is 16.5. The Bertz CT molecular complexity index is 770. The number of hydrazine groups is 1. The van der Waals surface area contributed by atoms with E-state index in [4.69, 9.17) is 4.74 Å². The van der Waals surface area contributed by atoms with E-state index in [0.717, 1.165) is 16.7 Å². The van der Waals surface area contributed by atoms with E-state index in [1.165, 1.54) is 6.08 Å². The van der Waals surface area contributed by atoms with Crippen LogP contribution in [-0.4, -0.2) is 17.9 Å². The Kier molecular flexibility index (Phi) is 6.34. The van der Waals surface area contributed by atoms with Crippen molar-refractivity contribution < 1.29 is 14.3 Å². The zero-order valence-corrected chi connectivity index (χ0v) is 14.6. The molecule has 0 fully saturated rings. The first-order valence-corrected chi connectivity index (χ1v) is 8.02. The Labute approximate surface area is 147 Å². The van der Waals surface area contributed by atoms with Crippen molar-refractivity contribution in [2.24, 2.45) is 0 Å². The number of hydrogen-bond donors (Lipinski definition) is 2. The molecule has 2 N–H and O–H groups in total. The molecule has 5 heteroatoms. The normalized spacial score (nSPS) is 11.8. The van der Waals surface area contributed by atoms with E-state index in [2.05, 4.69) is 10.9 Å². The second kappa shape index (κ2) is 8.68. The van der Waals surface area contributed by atoms with Crippen LogP contribution in [0.5, 0.6) is 5.75 Å². The minimum atomic E-state index is -0.736. The number of aryl methyl sites for hydroxylation is 2. The van der Waals surface area contributed by atoms with Gasteiger partial charge in [0.25, 0.3) is 11.8 Å². The summed E-state index contributed by atoms with van der Waals surface area (Å²) in [5, 5.41) is 0. The molecule has 0 aliphatic heterocycles. The molecule has 0 radical (unpaired) electrons. The average Bonchev–Trinajstić information content (AvgIpc) is 2.61. The van der Waals surface area contributed by atoms with Crippen LogP contribution in [0.3, 0.4) is 0 Å². The number of benzene rings is 2. The summed E-state index contributed by atoms with van der Waals surface area (Å²) in [6.07, 6.45) is 2.28. The Balaban J connectivity index is 1.81. The van der Waals surface area contributed by atoms with Crippen LogP contribution in [-0.2, 0) is 9.59 Å². The van der Waals surface area contributed by atoms with E-state index in [1.807, 2.05) is 62.4 Å². The summed E-state index contributed by atoms with van der Waals surface area (Å²) in [5.74, 6) is -0.240. The maximum absolute atomic E-state index is 12.0. The maximum Gasteiger partial charge on any atom is 0.279 e. The van der Waals surface area contributed by atoms with Crippen molar-refractivity contribution in [2.75, 3.05) is 0 Å². The lowest BCUT2D eigenvalue weighted by Gasteiger charge is -2.15. The fraction of sp³-hybridized carbons (Fsp3) is 0.200. The molecule has 2 aromatic carbocycles. The van der Waals surface area contributed by atoms with E-state index in [9.17, 15) is 9.59 Å². The highest BCUT2D eigenvalue weighted by Crippen LogP contribution is 2.17. The highest BCUT2D eigenvalue weighted by Gasteiger charge is 2.15. The molecule has 130 valence electrons. The Morgan fingerprint density at radius 1 is 1.00 bits per heavy atom. The summed E-state index contributed by atoms with van der Waals surface area (Å²) in [6.45, 7) is 5.61. The topological polar surface area (TPSA) is 67.4 Å². The predicted molar refractivity (Wildman–Crippen MR) is 97.8 cm³/mol. The average molecular weight is 338 g/mol. The van der Waals surface area contributed by atoms with Gasteiger partial charge in [-0.3, -0.25) is 20.4 Å². The Morgan fingerprint density at radius 2 is 1.72 bits per heavy atom. The van der Waals surface area contributed by atoms with Crippen LogP contribution in [0.4, 0.5) is 0 Å². The third kappa shape index (κ3) is 5.80. The summed E-state index contributed by atoms with van der Waals surface area (Å²) >= 11 is 0. The van der Waals surface area contributed by atoms with Gasteiger partial charge in [-0.05, 0) is 55.7 Å². The molecule has 0 saturated carbocycles. The molecule has 2 rings (SSSR count). The van der Waals surface area contributed by atoms with Crippen LogP contribution >= 0.6 is 0 Å².